The van der Waals surface area contributed by atoms with Crippen LogP contribution in [-0.4, -0.2) is 31.3 Å². The number of H-pyrrole nitrogens is 1. The monoisotopic (exact) mass is 290 g/mol. The summed E-state index contributed by atoms with van der Waals surface area (Å²) in [5.74, 6) is 1.87. The fraction of sp³-hybridized carbons (Fsp3) is 0.500. The number of rotatable bonds is 6. The summed E-state index contributed by atoms with van der Waals surface area (Å²) >= 11 is 1.48. The lowest BCUT2D eigenvalue weighted by molar-refractivity contribution is 0.101. The molecule has 1 saturated carbocycles. The van der Waals surface area contributed by atoms with Gasteiger partial charge in [-0.05, 0) is 25.0 Å². The summed E-state index contributed by atoms with van der Waals surface area (Å²) in [5, 5.41) is 9.43. The Morgan fingerprint density at radius 2 is 2.30 bits per heavy atom. The summed E-state index contributed by atoms with van der Waals surface area (Å²) < 4.78 is 2.22. The van der Waals surface area contributed by atoms with Crippen LogP contribution in [0.5, 0.6) is 0 Å². The second-order valence-electron chi connectivity index (χ2n) is 5.39. The Labute approximate surface area is 122 Å². The second-order valence-corrected chi connectivity index (χ2v) is 6.33. The molecule has 20 heavy (non-hydrogen) atoms. The van der Waals surface area contributed by atoms with Gasteiger partial charge in [0.1, 0.15) is 5.82 Å². The molecule has 1 aliphatic carbocycles. The highest BCUT2D eigenvalue weighted by atomic mass is 32.2. The zero-order chi connectivity index (χ0) is 14.1. The number of aromatic nitrogens is 4. The molecule has 0 atom stereocenters. The molecule has 3 rings (SSSR count). The molecular weight excluding hydrogens is 272 g/mol. The fourth-order valence-electron chi connectivity index (χ4n) is 2.17. The lowest BCUT2D eigenvalue weighted by Crippen LogP contribution is -2.07. The van der Waals surface area contributed by atoms with E-state index in [1.807, 2.05) is 6.07 Å². The molecule has 2 heterocycles. The first-order chi connectivity index (χ1) is 9.66. The molecule has 1 aliphatic rings. The van der Waals surface area contributed by atoms with Crippen molar-refractivity contribution in [1.82, 2.24) is 19.7 Å². The van der Waals surface area contributed by atoms with Crippen molar-refractivity contribution in [2.45, 2.75) is 43.8 Å². The topological polar surface area (TPSA) is 63.6 Å². The van der Waals surface area contributed by atoms with Gasteiger partial charge in [-0.1, -0.05) is 25.6 Å². The van der Waals surface area contributed by atoms with Crippen molar-refractivity contribution < 1.29 is 4.79 Å². The molecule has 0 unspecified atom stereocenters. The van der Waals surface area contributed by atoms with Crippen molar-refractivity contribution >= 4 is 17.5 Å². The maximum absolute atomic E-state index is 12.0. The minimum absolute atomic E-state index is 0.0939. The van der Waals surface area contributed by atoms with Crippen LogP contribution in [0.3, 0.4) is 0 Å². The molecule has 1 fully saturated rings. The standard InChI is InChI=1S/C14H18N4OS/c1-9(2)13-16-17-14(18(13)10-5-6-10)20-8-12(19)11-4-3-7-15-11/h3-4,7,9-10,15H,5-6,8H2,1-2H3. The summed E-state index contributed by atoms with van der Waals surface area (Å²) in [6, 6.07) is 4.17. The van der Waals surface area contributed by atoms with Gasteiger partial charge in [0.25, 0.3) is 0 Å². The van der Waals surface area contributed by atoms with Gasteiger partial charge in [-0.25, -0.2) is 0 Å². The van der Waals surface area contributed by atoms with Gasteiger partial charge < -0.3 is 9.55 Å². The third kappa shape index (κ3) is 2.65. The Bertz CT molecular complexity index is 599. The highest BCUT2D eigenvalue weighted by molar-refractivity contribution is 7.99. The van der Waals surface area contributed by atoms with Crippen molar-refractivity contribution in [2.75, 3.05) is 5.75 Å². The zero-order valence-electron chi connectivity index (χ0n) is 11.7. The van der Waals surface area contributed by atoms with Crippen LogP contribution in [-0.2, 0) is 0 Å². The average Bonchev–Trinajstić information content (AvgIpc) is 2.95. The molecule has 0 spiro atoms. The Hall–Kier alpha value is -1.56. The summed E-state index contributed by atoms with van der Waals surface area (Å²) in [5.41, 5.74) is 0.652. The Kier molecular flexibility index (Phi) is 3.65. The molecule has 106 valence electrons. The van der Waals surface area contributed by atoms with E-state index in [-0.39, 0.29) is 5.78 Å². The van der Waals surface area contributed by atoms with Gasteiger partial charge in [-0.15, -0.1) is 10.2 Å². The Balaban J connectivity index is 1.73. The minimum atomic E-state index is 0.0939. The third-order valence-corrected chi connectivity index (χ3v) is 4.29. The van der Waals surface area contributed by atoms with Crippen molar-refractivity contribution in [3.8, 4) is 0 Å². The Morgan fingerprint density at radius 1 is 1.50 bits per heavy atom. The molecule has 1 N–H and O–H groups in total. The first-order valence-corrected chi connectivity index (χ1v) is 7.89. The molecule has 0 saturated heterocycles. The quantitative estimate of drug-likeness (QED) is 0.656. The van der Waals surface area contributed by atoms with Crippen LogP contribution in [0.4, 0.5) is 0 Å². The van der Waals surface area contributed by atoms with Crippen LogP contribution in [0.1, 0.15) is 55.0 Å². The van der Waals surface area contributed by atoms with E-state index in [9.17, 15) is 4.79 Å². The van der Waals surface area contributed by atoms with Crippen molar-refractivity contribution in [3.05, 3.63) is 29.8 Å². The van der Waals surface area contributed by atoms with E-state index < -0.39 is 0 Å². The molecule has 2 aromatic rings. The van der Waals surface area contributed by atoms with Crippen LogP contribution in [0.25, 0.3) is 0 Å². The zero-order valence-corrected chi connectivity index (χ0v) is 12.5. The summed E-state index contributed by atoms with van der Waals surface area (Å²) in [7, 11) is 0. The average molecular weight is 290 g/mol. The van der Waals surface area contributed by atoms with Crippen molar-refractivity contribution in [2.24, 2.45) is 0 Å². The molecule has 0 radical (unpaired) electrons. The van der Waals surface area contributed by atoms with Gasteiger partial charge in [-0.3, -0.25) is 4.79 Å². The first-order valence-electron chi connectivity index (χ1n) is 6.91. The van der Waals surface area contributed by atoms with Crippen LogP contribution < -0.4 is 0 Å². The lowest BCUT2D eigenvalue weighted by atomic mass is 10.2. The van der Waals surface area contributed by atoms with E-state index in [0.717, 1.165) is 11.0 Å². The second kappa shape index (κ2) is 5.44. The van der Waals surface area contributed by atoms with E-state index in [2.05, 4.69) is 33.6 Å². The predicted octanol–water partition coefficient (Wildman–Crippen LogP) is 3.04. The first kappa shape index (κ1) is 13.4. The van der Waals surface area contributed by atoms with E-state index in [1.165, 1.54) is 24.6 Å². The van der Waals surface area contributed by atoms with Crippen LogP contribution in [0, 0.1) is 0 Å². The maximum Gasteiger partial charge on any atom is 0.191 e. The predicted molar refractivity (Wildman–Crippen MR) is 78.2 cm³/mol. The van der Waals surface area contributed by atoms with E-state index in [1.54, 1.807) is 12.3 Å². The molecule has 0 aliphatic heterocycles. The number of carbonyl (C=O) groups is 1. The normalized spacial score (nSPS) is 14.9. The van der Waals surface area contributed by atoms with E-state index in [4.69, 9.17) is 0 Å². The largest absolute Gasteiger partial charge is 0.359 e. The van der Waals surface area contributed by atoms with Crippen LogP contribution in [0.15, 0.2) is 23.5 Å². The maximum atomic E-state index is 12.0. The molecule has 0 amide bonds. The lowest BCUT2D eigenvalue weighted by Gasteiger charge is -2.10. The molecule has 0 bridgehead atoms. The van der Waals surface area contributed by atoms with Crippen LogP contribution in [0.2, 0.25) is 0 Å². The fourth-order valence-corrected chi connectivity index (χ4v) is 3.06. The number of hydrogen-bond donors (Lipinski definition) is 1. The third-order valence-electron chi connectivity index (χ3n) is 3.35. The molecular formula is C14H18N4OS. The van der Waals surface area contributed by atoms with Crippen molar-refractivity contribution in [3.63, 3.8) is 0 Å². The van der Waals surface area contributed by atoms with Gasteiger partial charge in [0.15, 0.2) is 10.9 Å². The van der Waals surface area contributed by atoms with E-state index in [0.29, 0.717) is 23.4 Å². The highest BCUT2D eigenvalue weighted by Crippen LogP contribution is 2.40. The SMILES string of the molecule is CC(C)c1nnc(SCC(=O)c2ccc[nH]2)n1C1CC1. The number of hydrogen-bond acceptors (Lipinski definition) is 4. The number of nitrogens with zero attached hydrogens (tertiary/aromatic N) is 3. The van der Waals surface area contributed by atoms with Gasteiger partial charge in [0.05, 0.1) is 11.4 Å². The molecule has 5 nitrogen and oxygen atoms in total. The van der Waals surface area contributed by atoms with Gasteiger partial charge in [0.2, 0.25) is 0 Å². The van der Waals surface area contributed by atoms with E-state index >= 15 is 0 Å². The summed E-state index contributed by atoms with van der Waals surface area (Å²) in [4.78, 5) is 14.9. The molecule has 2 aromatic heterocycles. The highest BCUT2D eigenvalue weighted by Gasteiger charge is 2.30. The number of carbonyl (C=O) groups excluding carboxylic acids is 1. The molecule has 6 heteroatoms. The van der Waals surface area contributed by atoms with Gasteiger partial charge >= 0.3 is 0 Å². The van der Waals surface area contributed by atoms with Crippen molar-refractivity contribution in [1.29, 1.82) is 0 Å². The number of ketones is 1. The number of thioether (sulfide) groups is 1. The number of nitrogens with one attached hydrogen (secondary N) is 1. The van der Waals surface area contributed by atoms with Gasteiger partial charge in [-0.2, -0.15) is 0 Å². The smallest absolute Gasteiger partial charge is 0.191 e. The van der Waals surface area contributed by atoms with Crippen LogP contribution >= 0.6 is 11.8 Å². The summed E-state index contributed by atoms with van der Waals surface area (Å²) in [6.07, 6.45) is 4.15. The number of aromatic amines is 1. The number of Topliss-reactive ketones (excluding diaryl/α,β-unsaturated/α-hetero) is 1. The summed E-state index contributed by atoms with van der Waals surface area (Å²) in [6.45, 7) is 4.25. The Morgan fingerprint density at radius 3 is 2.90 bits per heavy atom. The minimum Gasteiger partial charge on any atom is -0.359 e. The molecule has 0 aromatic carbocycles. The van der Waals surface area contributed by atoms with Gasteiger partial charge in [0, 0.05) is 18.2 Å².